The summed E-state index contributed by atoms with van der Waals surface area (Å²) in [5.74, 6) is 0. The van der Waals surface area contributed by atoms with Gasteiger partial charge in [0, 0.05) is 20.1 Å². The van der Waals surface area contributed by atoms with Crippen LogP contribution in [0.5, 0.6) is 0 Å². The Balaban J connectivity index is 0.00000176. The molecule has 6 nitrogen and oxygen atoms in total. The average molecular weight is 369 g/mol. The molecule has 0 unspecified atom stereocenters. The molecule has 2 saturated heterocycles. The Labute approximate surface area is 142 Å². The number of aromatic nitrogens is 2. The van der Waals surface area contributed by atoms with Crippen molar-refractivity contribution < 1.29 is 8.42 Å². The van der Waals surface area contributed by atoms with E-state index >= 15 is 0 Å². The molecule has 3 rings (SSSR count). The predicted molar refractivity (Wildman–Crippen MR) is 88.1 cm³/mol. The summed E-state index contributed by atoms with van der Waals surface area (Å²) in [5.41, 5.74) is 0.606. The van der Waals surface area contributed by atoms with Gasteiger partial charge in [0.05, 0.1) is 5.69 Å². The summed E-state index contributed by atoms with van der Waals surface area (Å²) in [5, 5.41) is 7.65. The van der Waals surface area contributed by atoms with E-state index in [0.717, 1.165) is 32.4 Å². The molecular formula is C13H22Cl2N4O2S. The first-order valence-electron chi connectivity index (χ1n) is 7.26. The van der Waals surface area contributed by atoms with Gasteiger partial charge in [0.2, 0.25) is 10.0 Å². The van der Waals surface area contributed by atoms with Gasteiger partial charge in [0.25, 0.3) is 0 Å². The van der Waals surface area contributed by atoms with Gasteiger partial charge in [-0.3, -0.25) is 4.68 Å². The first-order chi connectivity index (χ1) is 9.86. The van der Waals surface area contributed by atoms with Crippen LogP contribution in [0.25, 0.3) is 0 Å². The van der Waals surface area contributed by atoms with Gasteiger partial charge in [-0.1, -0.05) is 11.6 Å². The standard InChI is InChI=1S/C13H21ClN4O2S.ClH/c1-10-11(12(14)17(2)16-10)21(19,20)18-8-5-13(9-18)3-6-15-7-4-13;/h15H,3-9H2,1-2H3;1H. The second-order valence-corrected chi connectivity index (χ2v) is 8.40. The van der Waals surface area contributed by atoms with E-state index in [4.69, 9.17) is 11.6 Å². The predicted octanol–water partition coefficient (Wildman–Crippen LogP) is 1.57. The van der Waals surface area contributed by atoms with E-state index in [0.29, 0.717) is 18.8 Å². The number of nitrogens with one attached hydrogen (secondary N) is 1. The summed E-state index contributed by atoms with van der Waals surface area (Å²) in [4.78, 5) is 0.164. The molecule has 2 aliphatic rings. The van der Waals surface area contributed by atoms with Crippen LogP contribution in [0, 0.1) is 12.3 Å². The van der Waals surface area contributed by atoms with Crippen molar-refractivity contribution >= 4 is 34.0 Å². The highest BCUT2D eigenvalue weighted by atomic mass is 35.5. The van der Waals surface area contributed by atoms with Gasteiger partial charge in [-0.2, -0.15) is 9.40 Å². The Bertz CT molecular complexity index is 653. The zero-order chi connectivity index (χ0) is 15.3. The minimum Gasteiger partial charge on any atom is -0.317 e. The topological polar surface area (TPSA) is 67.2 Å². The lowest BCUT2D eigenvalue weighted by molar-refractivity contribution is 0.218. The van der Waals surface area contributed by atoms with Crippen LogP contribution in [0.15, 0.2) is 4.90 Å². The Morgan fingerprint density at radius 2 is 1.91 bits per heavy atom. The van der Waals surface area contributed by atoms with Gasteiger partial charge >= 0.3 is 0 Å². The van der Waals surface area contributed by atoms with Crippen molar-refractivity contribution in [2.45, 2.75) is 31.1 Å². The van der Waals surface area contributed by atoms with Crippen LogP contribution in [0.1, 0.15) is 25.0 Å². The van der Waals surface area contributed by atoms with Crippen molar-refractivity contribution in [3.63, 3.8) is 0 Å². The highest BCUT2D eigenvalue weighted by Crippen LogP contribution is 2.41. The van der Waals surface area contributed by atoms with Crippen LogP contribution in [-0.2, 0) is 17.1 Å². The average Bonchev–Trinajstić information content (AvgIpc) is 2.94. The Hall–Kier alpha value is -0.340. The number of hydrogen-bond acceptors (Lipinski definition) is 4. The smallest absolute Gasteiger partial charge is 0.248 e. The van der Waals surface area contributed by atoms with Gasteiger partial charge in [-0.25, -0.2) is 8.42 Å². The second-order valence-electron chi connectivity index (χ2n) is 6.17. The van der Waals surface area contributed by atoms with E-state index in [9.17, 15) is 8.42 Å². The molecule has 0 saturated carbocycles. The maximum absolute atomic E-state index is 12.9. The van der Waals surface area contributed by atoms with E-state index < -0.39 is 10.0 Å². The molecule has 2 aliphatic heterocycles. The van der Waals surface area contributed by atoms with E-state index in [1.807, 2.05) is 0 Å². The minimum atomic E-state index is -3.56. The highest BCUT2D eigenvalue weighted by Gasteiger charge is 2.44. The quantitative estimate of drug-likeness (QED) is 0.859. The van der Waals surface area contributed by atoms with Crippen LogP contribution in [0.4, 0.5) is 0 Å². The first-order valence-corrected chi connectivity index (χ1v) is 9.08. The third-order valence-electron chi connectivity index (χ3n) is 4.77. The molecule has 0 aliphatic carbocycles. The minimum absolute atomic E-state index is 0. The molecule has 0 aromatic carbocycles. The molecule has 0 bridgehead atoms. The zero-order valence-electron chi connectivity index (χ0n) is 12.8. The van der Waals surface area contributed by atoms with Crippen molar-refractivity contribution in [2.24, 2.45) is 12.5 Å². The van der Waals surface area contributed by atoms with Crippen LogP contribution in [0.2, 0.25) is 5.15 Å². The van der Waals surface area contributed by atoms with Crippen molar-refractivity contribution in [1.82, 2.24) is 19.4 Å². The molecule has 3 heterocycles. The van der Waals surface area contributed by atoms with Gasteiger partial charge in [0.15, 0.2) is 0 Å². The van der Waals surface area contributed by atoms with E-state index in [-0.39, 0.29) is 27.9 Å². The fraction of sp³-hybridized carbons (Fsp3) is 0.769. The summed E-state index contributed by atoms with van der Waals surface area (Å²) in [6.07, 6.45) is 3.02. The van der Waals surface area contributed by atoms with Gasteiger partial charge in [-0.15, -0.1) is 12.4 Å². The number of rotatable bonds is 2. The van der Waals surface area contributed by atoms with Gasteiger partial charge in [0.1, 0.15) is 10.0 Å². The fourth-order valence-corrected chi connectivity index (χ4v) is 5.76. The fourth-order valence-electron chi connectivity index (χ4n) is 3.50. The summed E-state index contributed by atoms with van der Waals surface area (Å²) in [6.45, 7) is 4.81. The van der Waals surface area contributed by atoms with Gasteiger partial charge < -0.3 is 5.32 Å². The molecule has 1 aromatic heterocycles. The third-order valence-corrected chi connectivity index (χ3v) is 7.31. The van der Waals surface area contributed by atoms with Crippen molar-refractivity contribution in [3.05, 3.63) is 10.8 Å². The van der Waals surface area contributed by atoms with E-state index in [1.165, 1.54) is 4.68 Å². The lowest BCUT2D eigenvalue weighted by Crippen LogP contribution is -2.39. The molecule has 22 heavy (non-hydrogen) atoms. The molecule has 9 heteroatoms. The van der Waals surface area contributed by atoms with Crippen LogP contribution in [0.3, 0.4) is 0 Å². The molecule has 0 atom stereocenters. The molecule has 2 fully saturated rings. The van der Waals surface area contributed by atoms with Crippen molar-refractivity contribution in [1.29, 1.82) is 0 Å². The number of hydrogen-bond donors (Lipinski definition) is 1. The van der Waals surface area contributed by atoms with Crippen LogP contribution >= 0.6 is 24.0 Å². The molecule has 1 aromatic rings. The number of piperidine rings is 1. The molecule has 126 valence electrons. The largest absolute Gasteiger partial charge is 0.317 e. The molecule has 1 N–H and O–H groups in total. The SMILES string of the molecule is Cc1nn(C)c(Cl)c1S(=O)(=O)N1CCC2(CCNCC2)C1.Cl. The number of nitrogens with zero attached hydrogens (tertiary/aromatic N) is 3. The summed E-state index contributed by atoms with van der Waals surface area (Å²) in [7, 11) is -1.90. The second kappa shape index (κ2) is 6.28. The Morgan fingerprint density at radius 3 is 2.45 bits per heavy atom. The van der Waals surface area contributed by atoms with E-state index in [1.54, 1.807) is 18.3 Å². The molecule has 0 radical (unpaired) electrons. The zero-order valence-corrected chi connectivity index (χ0v) is 15.2. The summed E-state index contributed by atoms with van der Waals surface area (Å²) >= 11 is 6.14. The van der Waals surface area contributed by atoms with Crippen molar-refractivity contribution in [2.75, 3.05) is 26.2 Å². The maximum Gasteiger partial charge on any atom is 0.248 e. The molecule has 0 amide bonds. The first kappa shape index (κ1) is 18.0. The number of aryl methyl sites for hydroxylation is 2. The van der Waals surface area contributed by atoms with Crippen LogP contribution < -0.4 is 5.32 Å². The Kier molecular flexibility index (Phi) is 5.14. The Morgan fingerprint density at radius 1 is 1.27 bits per heavy atom. The van der Waals surface area contributed by atoms with Gasteiger partial charge in [-0.05, 0) is 44.7 Å². The summed E-state index contributed by atoms with van der Waals surface area (Å²) < 4.78 is 28.8. The highest BCUT2D eigenvalue weighted by molar-refractivity contribution is 7.89. The summed E-state index contributed by atoms with van der Waals surface area (Å²) in [6, 6.07) is 0. The lowest BCUT2D eigenvalue weighted by atomic mass is 9.78. The lowest BCUT2D eigenvalue weighted by Gasteiger charge is -2.33. The van der Waals surface area contributed by atoms with E-state index in [2.05, 4.69) is 10.4 Å². The number of sulfonamides is 1. The van der Waals surface area contributed by atoms with Crippen LogP contribution in [-0.4, -0.2) is 48.7 Å². The number of halogens is 2. The maximum atomic E-state index is 12.9. The third kappa shape index (κ3) is 2.89. The monoisotopic (exact) mass is 368 g/mol. The normalized spacial score (nSPS) is 22.0. The molecule has 1 spiro atoms. The van der Waals surface area contributed by atoms with Crippen molar-refractivity contribution in [3.8, 4) is 0 Å². The molecular weight excluding hydrogens is 347 g/mol.